The molecule has 2 aromatic rings. The quantitative estimate of drug-likeness (QED) is 0.624. The minimum absolute atomic E-state index is 0.0820. The monoisotopic (exact) mass is 368 g/mol. The molecular weight excluding hydrogens is 344 g/mol. The molecule has 0 heterocycles. The SMILES string of the molecule is CCCCNC(=O)c1ccc(CNC(=O)c2cc(C)cc(C(=O)O)c2)cc1. The first kappa shape index (κ1) is 20.2. The third kappa shape index (κ3) is 5.95. The van der Waals surface area contributed by atoms with Gasteiger partial charge >= 0.3 is 5.97 Å². The van der Waals surface area contributed by atoms with Crippen LogP contribution in [-0.2, 0) is 6.54 Å². The van der Waals surface area contributed by atoms with Gasteiger partial charge in [0.25, 0.3) is 11.8 Å². The molecule has 0 fully saturated rings. The van der Waals surface area contributed by atoms with Crippen LogP contribution >= 0.6 is 0 Å². The van der Waals surface area contributed by atoms with Crippen molar-refractivity contribution in [3.05, 3.63) is 70.3 Å². The fourth-order valence-corrected chi connectivity index (χ4v) is 2.58. The second-order valence-corrected chi connectivity index (χ2v) is 6.38. The van der Waals surface area contributed by atoms with Crippen LogP contribution in [0.2, 0.25) is 0 Å². The summed E-state index contributed by atoms with van der Waals surface area (Å²) in [6.45, 7) is 4.75. The summed E-state index contributed by atoms with van der Waals surface area (Å²) < 4.78 is 0. The molecule has 3 N–H and O–H groups in total. The van der Waals surface area contributed by atoms with Gasteiger partial charge in [0.2, 0.25) is 0 Å². The van der Waals surface area contributed by atoms with Crippen molar-refractivity contribution in [3.63, 3.8) is 0 Å². The molecule has 0 saturated heterocycles. The maximum atomic E-state index is 12.3. The smallest absolute Gasteiger partial charge is 0.335 e. The molecule has 0 aliphatic carbocycles. The van der Waals surface area contributed by atoms with E-state index >= 15 is 0 Å². The Morgan fingerprint density at radius 3 is 2.15 bits per heavy atom. The van der Waals surface area contributed by atoms with Crippen LogP contribution in [0.25, 0.3) is 0 Å². The van der Waals surface area contributed by atoms with Crippen LogP contribution in [-0.4, -0.2) is 29.4 Å². The van der Waals surface area contributed by atoms with Crippen molar-refractivity contribution in [2.75, 3.05) is 6.54 Å². The normalized spacial score (nSPS) is 10.3. The summed E-state index contributed by atoms with van der Waals surface area (Å²) in [7, 11) is 0. The van der Waals surface area contributed by atoms with E-state index in [0.717, 1.165) is 18.4 Å². The molecule has 0 radical (unpaired) electrons. The number of hydrogen-bond donors (Lipinski definition) is 3. The summed E-state index contributed by atoms with van der Waals surface area (Å²) in [6, 6.07) is 11.5. The second kappa shape index (κ2) is 9.52. The van der Waals surface area contributed by atoms with E-state index in [-0.39, 0.29) is 23.9 Å². The van der Waals surface area contributed by atoms with E-state index in [1.54, 1.807) is 37.3 Å². The van der Waals surface area contributed by atoms with E-state index in [4.69, 9.17) is 5.11 Å². The Morgan fingerprint density at radius 1 is 0.889 bits per heavy atom. The van der Waals surface area contributed by atoms with Gasteiger partial charge in [-0.1, -0.05) is 25.5 Å². The molecule has 0 atom stereocenters. The second-order valence-electron chi connectivity index (χ2n) is 6.38. The number of aryl methyl sites for hydroxylation is 1. The van der Waals surface area contributed by atoms with Gasteiger partial charge in [0.15, 0.2) is 0 Å². The Labute approximate surface area is 158 Å². The highest BCUT2D eigenvalue weighted by atomic mass is 16.4. The van der Waals surface area contributed by atoms with Crippen LogP contribution in [0.15, 0.2) is 42.5 Å². The zero-order valence-corrected chi connectivity index (χ0v) is 15.5. The number of amides is 2. The molecule has 0 aromatic heterocycles. The van der Waals surface area contributed by atoms with Crippen molar-refractivity contribution >= 4 is 17.8 Å². The number of carbonyl (C=O) groups is 3. The first-order valence-electron chi connectivity index (χ1n) is 8.91. The van der Waals surface area contributed by atoms with Crippen LogP contribution < -0.4 is 10.6 Å². The first-order valence-corrected chi connectivity index (χ1v) is 8.91. The van der Waals surface area contributed by atoms with E-state index in [1.807, 2.05) is 0 Å². The van der Waals surface area contributed by atoms with Gasteiger partial charge in [0.05, 0.1) is 5.56 Å². The standard InChI is InChI=1S/C21H24N2O4/c1-3-4-9-22-19(24)16-7-5-15(6-8-16)13-23-20(25)17-10-14(2)11-18(12-17)21(26)27/h5-8,10-12H,3-4,9,13H2,1-2H3,(H,22,24)(H,23,25)(H,26,27). The molecule has 0 bridgehead atoms. The Hall–Kier alpha value is -3.15. The predicted octanol–water partition coefficient (Wildman–Crippen LogP) is 3.15. The third-order valence-corrected chi connectivity index (χ3v) is 4.07. The van der Waals surface area contributed by atoms with Crippen molar-refractivity contribution < 1.29 is 19.5 Å². The summed E-state index contributed by atoms with van der Waals surface area (Å²) >= 11 is 0. The van der Waals surface area contributed by atoms with Crippen LogP contribution in [0.4, 0.5) is 0 Å². The molecule has 0 aliphatic heterocycles. The molecule has 2 aromatic carbocycles. The van der Waals surface area contributed by atoms with Crippen molar-refractivity contribution in [2.24, 2.45) is 0 Å². The van der Waals surface area contributed by atoms with Gasteiger partial charge in [-0.05, 0) is 54.8 Å². The van der Waals surface area contributed by atoms with E-state index in [1.165, 1.54) is 12.1 Å². The highest BCUT2D eigenvalue weighted by Gasteiger charge is 2.11. The molecule has 2 amide bonds. The van der Waals surface area contributed by atoms with Gasteiger partial charge in [-0.2, -0.15) is 0 Å². The van der Waals surface area contributed by atoms with Gasteiger partial charge in [-0.15, -0.1) is 0 Å². The summed E-state index contributed by atoms with van der Waals surface area (Å²) in [6.07, 6.45) is 1.96. The lowest BCUT2D eigenvalue weighted by molar-refractivity contribution is 0.0696. The number of carboxylic acid groups (broad SMARTS) is 1. The molecule has 0 unspecified atom stereocenters. The Kier molecular flexibility index (Phi) is 7.11. The van der Waals surface area contributed by atoms with E-state index in [9.17, 15) is 14.4 Å². The molecule has 6 nitrogen and oxygen atoms in total. The minimum Gasteiger partial charge on any atom is -0.478 e. The third-order valence-electron chi connectivity index (χ3n) is 4.07. The number of nitrogens with one attached hydrogen (secondary N) is 2. The number of benzene rings is 2. The number of carbonyl (C=O) groups excluding carboxylic acids is 2. The number of hydrogen-bond acceptors (Lipinski definition) is 3. The summed E-state index contributed by atoms with van der Waals surface area (Å²) in [5.74, 6) is -1.52. The molecule has 142 valence electrons. The number of unbranched alkanes of at least 4 members (excludes halogenated alkanes) is 1. The Morgan fingerprint density at radius 2 is 1.52 bits per heavy atom. The Bertz CT molecular complexity index is 829. The van der Waals surface area contributed by atoms with Crippen molar-refractivity contribution in [1.29, 1.82) is 0 Å². The van der Waals surface area contributed by atoms with E-state index in [0.29, 0.717) is 23.2 Å². The topological polar surface area (TPSA) is 95.5 Å². The maximum absolute atomic E-state index is 12.3. The lowest BCUT2D eigenvalue weighted by Gasteiger charge is -2.08. The average Bonchev–Trinajstić information content (AvgIpc) is 2.66. The summed E-state index contributed by atoms with van der Waals surface area (Å²) in [4.78, 5) is 35.4. The lowest BCUT2D eigenvalue weighted by atomic mass is 10.1. The van der Waals surface area contributed by atoms with E-state index < -0.39 is 5.97 Å². The minimum atomic E-state index is -1.07. The van der Waals surface area contributed by atoms with Crippen LogP contribution in [0.3, 0.4) is 0 Å². The van der Waals surface area contributed by atoms with Gasteiger partial charge in [-0.25, -0.2) is 4.79 Å². The Balaban J connectivity index is 1.95. The van der Waals surface area contributed by atoms with Crippen LogP contribution in [0.5, 0.6) is 0 Å². The summed E-state index contributed by atoms with van der Waals surface area (Å²) in [5.41, 5.74) is 2.52. The first-order chi connectivity index (χ1) is 12.9. The van der Waals surface area contributed by atoms with Crippen LogP contribution in [0.1, 0.15) is 62.0 Å². The summed E-state index contributed by atoms with van der Waals surface area (Å²) in [5, 5.41) is 14.7. The lowest BCUT2D eigenvalue weighted by Crippen LogP contribution is -2.25. The van der Waals surface area contributed by atoms with E-state index in [2.05, 4.69) is 17.6 Å². The fraction of sp³-hybridized carbons (Fsp3) is 0.286. The fourth-order valence-electron chi connectivity index (χ4n) is 2.58. The number of aromatic carboxylic acids is 1. The molecule has 0 aliphatic rings. The zero-order valence-electron chi connectivity index (χ0n) is 15.5. The molecule has 2 rings (SSSR count). The molecule has 0 saturated carbocycles. The van der Waals surface area contributed by atoms with Crippen molar-refractivity contribution in [1.82, 2.24) is 10.6 Å². The molecule has 6 heteroatoms. The average molecular weight is 368 g/mol. The molecular formula is C21H24N2O4. The number of rotatable bonds is 8. The van der Waals surface area contributed by atoms with Gasteiger partial charge in [0, 0.05) is 24.2 Å². The maximum Gasteiger partial charge on any atom is 0.335 e. The van der Waals surface area contributed by atoms with Crippen LogP contribution in [0, 0.1) is 6.92 Å². The van der Waals surface area contributed by atoms with Crippen molar-refractivity contribution in [2.45, 2.75) is 33.2 Å². The highest BCUT2D eigenvalue weighted by molar-refractivity contribution is 5.98. The number of carboxylic acids is 1. The molecule has 0 spiro atoms. The predicted molar refractivity (Wildman–Crippen MR) is 103 cm³/mol. The van der Waals surface area contributed by atoms with Gasteiger partial charge in [-0.3, -0.25) is 9.59 Å². The largest absolute Gasteiger partial charge is 0.478 e. The van der Waals surface area contributed by atoms with Crippen molar-refractivity contribution in [3.8, 4) is 0 Å². The molecule has 27 heavy (non-hydrogen) atoms. The zero-order chi connectivity index (χ0) is 19.8. The van der Waals surface area contributed by atoms with Gasteiger partial charge < -0.3 is 15.7 Å². The highest BCUT2D eigenvalue weighted by Crippen LogP contribution is 2.11. The van der Waals surface area contributed by atoms with Gasteiger partial charge in [0.1, 0.15) is 0 Å².